The number of carbonyl (C=O) groups is 1. The molecule has 1 fully saturated rings. The zero-order valence-electron chi connectivity index (χ0n) is 17.7. The zero-order chi connectivity index (χ0) is 22.6. The van der Waals surface area contributed by atoms with E-state index in [9.17, 15) is 23.3 Å². The molecule has 2 aromatic rings. The van der Waals surface area contributed by atoms with Crippen LogP contribution in [0.3, 0.4) is 0 Å². The number of sulfonamides is 1. The topological polar surface area (TPSA) is 101 Å². The van der Waals surface area contributed by atoms with E-state index in [0.717, 1.165) is 12.0 Å². The third-order valence-electron chi connectivity index (χ3n) is 5.79. The first kappa shape index (κ1) is 22.9. The smallest absolute Gasteiger partial charge is 0.269 e. The van der Waals surface area contributed by atoms with Gasteiger partial charge in [-0.2, -0.15) is 4.31 Å². The Labute approximate surface area is 182 Å². The molecule has 0 aromatic heterocycles. The van der Waals surface area contributed by atoms with Crippen molar-refractivity contribution in [2.75, 3.05) is 26.2 Å². The zero-order valence-corrected chi connectivity index (χ0v) is 18.5. The maximum absolute atomic E-state index is 13.0. The molecule has 8 nitrogen and oxygen atoms in total. The molecule has 1 saturated heterocycles. The van der Waals surface area contributed by atoms with Crippen molar-refractivity contribution in [3.05, 3.63) is 69.8 Å². The predicted octanol–water partition coefficient (Wildman–Crippen LogP) is 3.18. The summed E-state index contributed by atoms with van der Waals surface area (Å²) in [5.74, 6) is 0.255. The van der Waals surface area contributed by atoms with Gasteiger partial charge in [0.1, 0.15) is 0 Å². The molecule has 1 atom stereocenters. The van der Waals surface area contributed by atoms with E-state index in [1.54, 1.807) is 29.2 Å². The van der Waals surface area contributed by atoms with Gasteiger partial charge in [-0.25, -0.2) is 8.42 Å². The Bertz CT molecular complexity index is 1030. The van der Waals surface area contributed by atoms with Gasteiger partial charge in [-0.1, -0.05) is 38.1 Å². The largest absolute Gasteiger partial charge is 0.340 e. The van der Waals surface area contributed by atoms with Gasteiger partial charge in [0.05, 0.1) is 16.2 Å². The van der Waals surface area contributed by atoms with Gasteiger partial charge in [0.15, 0.2) is 0 Å². The van der Waals surface area contributed by atoms with Crippen LogP contribution in [-0.4, -0.2) is 54.6 Å². The summed E-state index contributed by atoms with van der Waals surface area (Å²) in [7, 11) is -3.60. The van der Waals surface area contributed by atoms with Crippen molar-refractivity contribution in [1.29, 1.82) is 0 Å². The molecule has 1 heterocycles. The highest BCUT2D eigenvalue weighted by atomic mass is 32.2. The van der Waals surface area contributed by atoms with Gasteiger partial charge in [-0.05, 0) is 35.6 Å². The maximum Gasteiger partial charge on any atom is 0.269 e. The van der Waals surface area contributed by atoms with Crippen LogP contribution >= 0.6 is 0 Å². The van der Waals surface area contributed by atoms with Crippen molar-refractivity contribution >= 4 is 21.6 Å². The molecule has 0 N–H and O–H groups in total. The summed E-state index contributed by atoms with van der Waals surface area (Å²) in [6.45, 7) is 5.31. The van der Waals surface area contributed by atoms with Gasteiger partial charge < -0.3 is 4.90 Å². The lowest BCUT2D eigenvalue weighted by atomic mass is 9.99. The summed E-state index contributed by atoms with van der Waals surface area (Å²) in [6.07, 6.45) is 1.11. The second-order valence-corrected chi connectivity index (χ2v) is 9.70. The van der Waals surface area contributed by atoms with Crippen LogP contribution in [0.25, 0.3) is 0 Å². The quantitative estimate of drug-likeness (QED) is 0.481. The summed E-state index contributed by atoms with van der Waals surface area (Å²) >= 11 is 0. The normalized spacial score (nSPS) is 16.1. The fourth-order valence-electron chi connectivity index (χ4n) is 3.55. The highest BCUT2D eigenvalue weighted by molar-refractivity contribution is 7.89. The summed E-state index contributed by atoms with van der Waals surface area (Å²) < 4.78 is 27.3. The number of rotatable bonds is 7. The second kappa shape index (κ2) is 9.57. The first-order valence-corrected chi connectivity index (χ1v) is 11.8. The number of amides is 1. The fourth-order valence-corrected chi connectivity index (χ4v) is 4.98. The number of hydrogen-bond donors (Lipinski definition) is 0. The van der Waals surface area contributed by atoms with Crippen LogP contribution in [0.1, 0.15) is 37.3 Å². The third kappa shape index (κ3) is 5.29. The van der Waals surface area contributed by atoms with Crippen molar-refractivity contribution in [3.63, 3.8) is 0 Å². The van der Waals surface area contributed by atoms with Crippen molar-refractivity contribution in [1.82, 2.24) is 9.21 Å². The van der Waals surface area contributed by atoms with Crippen LogP contribution in [0, 0.1) is 10.1 Å². The lowest BCUT2D eigenvalue weighted by Gasteiger charge is -2.34. The van der Waals surface area contributed by atoms with Gasteiger partial charge in [-0.15, -0.1) is 0 Å². The van der Waals surface area contributed by atoms with Gasteiger partial charge in [0.2, 0.25) is 15.9 Å². The van der Waals surface area contributed by atoms with Crippen LogP contribution in [-0.2, 0) is 21.2 Å². The minimum absolute atomic E-state index is 0.0211. The predicted molar refractivity (Wildman–Crippen MR) is 117 cm³/mol. The lowest BCUT2D eigenvalue weighted by Crippen LogP contribution is -2.50. The Morgan fingerprint density at radius 1 is 1.03 bits per heavy atom. The summed E-state index contributed by atoms with van der Waals surface area (Å²) in [5, 5.41) is 10.7. The molecular weight excluding hydrogens is 418 g/mol. The summed E-state index contributed by atoms with van der Waals surface area (Å²) in [6, 6.07) is 12.9. The Morgan fingerprint density at radius 3 is 2.13 bits per heavy atom. The monoisotopic (exact) mass is 445 g/mol. The van der Waals surface area contributed by atoms with E-state index in [4.69, 9.17) is 0 Å². The van der Waals surface area contributed by atoms with Crippen molar-refractivity contribution < 1.29 is 18.1 Å². The van der Waals surface area contributed by atoms with Crippen LogP contribution in [0.4, 0.5) is 5.69 Å². The molecule has 1 amide bonds. The number of non-ortho nitro benzene ring substituents is 1. The Kier molecular flexibility index (Phi) is 7.07. The van der Waals surface area contributed by atoms with E-state index in [2.05, 4.69) is 13.8 Å². The Hall–Kier alpha value is -2.78. The van der Waals surface area contributed by atoms with Crippen LogP contribution in [0.2, 0.25) is 0 Å². The number of nitro groups is 1. The minimum atomic E-state index is -3.60. The minimum Gasteiger partial charge on any atom is -0.340 e. The average Bonchev–Trinajstić information content (AvgIpc) is 2.79. The van der Waals surface area contributed by atoms with Gasteiger partial charge in [0.25, 0.3) is 5.69 Å². The second-order valence-electron chi connectivity index (χ2n) is 7.76. The third-order valence-corrected chi connectivity index (χ3v) is 7.71. The SMILES string of the molecule is CCC(C)c1ccc(S(=O)(=O)N2CCN(C(=O)Cc3ccc([N+](=O)[O-])cc3)CC2)cc1. The van der Waals surface area contributed by atoms with Gasteiger partial charge in [0, 0.05) is 38.3 Å². The summed E-state index contributed by atoms with van der Waals surface area (Å²) in [5.41, 5.74) is 1.78. The molecule has 9 heteroatoms. The first-order valence-electron chi connectivity index (χ1n) is 10.3. The number of nitro benzene ring substituents is 1. The molecule has 3 rings (SSSR count). The first-order chi connectivity index (χ1) is 14.7. The molecule has 0 radical (unpaired) electrons. The van der Waals surface area contributed by atoms with Crippen LogP contribution in [0.5, 0.6) is 0 Å². The van der Waals surface area contributed by atoms with Crippen LogP contribution in [0.15, 0.2) is 53.4 Å². The Balaban J connectivity index is 1.59. The average molecular weight is 446 g/mol. The molecule has 1 unspecified atom stereocenters. The number of nitrogens with zero attached hydrogens (tertiary/aromatic N) is 3. The fraction of sp³-hybridized carbons (Fsp3) is 0.409. The van der Waals surface area contributed by atoms with Crippen molar-refractivity contribution in [3.8, 4) is 0 Å². The van der Waals surface area contributed by atoms with Crippen molar-refractivity contribution in [2.45, 2.75) is 37.5 Å². The molecule has 1 aliphatic heterocycles. The summed E-state index contributed by atoms with van der Waals surface area (Å²) in [4.78, 5) is 24.7. The molecule has 0 bridgehead atoms. The van der Waals surface area contributed by atoms with E-state index in [0.29, 0.717) is 24.6 Å². The maximum atomic E-state index is 13.0. The molecule has 0 spiro atoms. The highest BCUT2D eigenvalue weighted by Crippen LogP contribution is 2.23. The molecule has 0 saturated carbocycles. The van der Waals surface area contributed by atoms with Gasteiger partial charge >= 0.3 is 0 Å². The molecule has 2 aromatic carbocycles. The van der Waals surface area contributed by atoms with E-state index in [1.807, 2.05) is 12.1 Å². The molecular formula is C22H27N3O5S. The number of hydrogen-bond acceptors (Lipinski definition) is 5. The van der Waals surface area contributed by atoms with Gasteiger partial charge in [-0.3, -0.25) is 14.9 Å². The molecule has 166 valence electrons. The number of carbonyl (C=O) groups excluding carboxylic acids is 1. The molecule has 1 aliphatic rings. The number of piperazine rings is 1. The lowest BCUT2D eigenvalue weighted by molar-refractivity contribution is -0.384. The highest BCUT2D eigenvalue weighted by Gasteiger charge is 2.30. The van der Waals surface area contributed by atoms with E-state index >= 15 is 0 Å². The Morgan fingerprint density at radius 2 is 1.61 bits per heavy atom. The standard InChI is InChI=1S/C22H27N3O5S/c1-3-17(2)19-6-10-21(11-7-19)31(29,30)24-14-12-23(13-15-24)22(26)16-18-4-8-20(9-5-18)25(27)28/h4-11,17H,3,12-16H2,1-2H3. The molecule has 31 heavy (non-hydrogen) atoms. The number of benzene rings is 2. The molecule has 0 aliphatic carbocycles. The van der Waals surface area contributed by atoms with Crippen LogP contribution < -0.4 is 0 Å². The van der Waals surface area contributed by atoms with E-state index in [-0.39, 0.29) is 36.0 Å². The van der Waals surface area contributed by atoms with E-state index < -0.39 is 14.9 Å². The van der Waals surface area contributed by atoms with Crippen molar-refractivity contribution in [2.24, 2.45) is 0 Å². The van der Waals surface area contributed by atoms with E-state index in [1.165, 1.54) is 16.4 Å².